The molecule has 0 N–H and O–H groups in total. The van der Waals surface area contributed by atoms with Gasteiger partial charge in [0.1, 0.15) is 12.4 Å². The van der Waals surface area contributed by atoms with Gasteiger partial charge in [-0.05, 0) is 48.0 Å². The molecule has 0 fully saturated rings. The monoisotopic (exact) mass is 378 g/mol. The number of allylic oxidation sites excluding steroid dienone is 1. The predicted octanol–water partition coefficient (Wildman–Crippen LogP) is 4.22. The molecule has 5 nitrogen and oxygen atoms in total. The number of carbonyl (C=O) groups excluding carboxylic acids is 1. The Morgan fingerprint density at radius 3 is 2.41 bits per heavy atom. The first-order valence-corrected chi connectivity index (χ1v) is 8.10. The SMILES string of the molecule is COCCOc1ccc(C(=O)C=Cc2ccc(OC(F)F)c(OC)c2)cc1. The van der Waals surface area contributed by atoms with Crippen LogP contribution in [0.2, 0.25) is 0 Å². The number of benzene rings is 2. The second-order valence-electron chi connectivity index (χ2n) is 5.35. The summed E-state index contributed by atoms with van der Waals surface area (Å²) in [6.07, 6.45) is 2.96. The zero-order valence-corrected chi connectivity index (χ0v) is 15.0. The quantitative estimate of drug-likeness (QED) is 0.352. The zero-order chi connectivity index (χ0) is 19.6. The van der Waals surface area contributed by atoms with Crippen LogP contribution < -0.4 is 14.2 Å². The summed E-state index contributed by atoms with van der Waals surface area (Å²) >= 11 is 0. The van der Waals surface area contributed by atoms with Gasteiger partial charge < -0.3 is 18.9 Å². The molecule has 2 aromatic rings. The van der Waals surface area contributed by atoms with E-state index in [4.69, 9.17) is 14.2 Å². The lowest BCUT2D eigenvalue weighted by Gasteiger charge is -2.10. The van der Waals surface area contributed by atoms with Crippen molar-refractivity contribution in [3.05, 3.63) is 59.7 Å². The fourth-order valence-electron chi connectivity index (χ4n) is 2.21. The second kappa shape index (κ2) is 10.3. The largest absolute Gasteiger partial charge is 0.493 e. The van der Waals surface area contributed by atoms with Crippen LogP contribution in [0, 0.1) is 0 Å². The molecule has 7 heteroatoms. The van der Waals surface area contributed by atoms with Crippen LogP contribution >= 0.6 is 0 Å². The van der Waals surface area contributed by atoms with Gasteiger partial charge in [0.05, 0.1) is 13.7 Å². The Hall–Kier alpha value is -2.93. The molecular formula is C20H20F2O5. The Morgan fingerprint density at radius 2 is 1.78 bits per heavy atom. The van der Waals surface area contributed by atoms with E-state index >= 15 is 0 Å². The smallest absolute Gasteiger partial charge is 0.387 e. The van der Waals surface area contributed by atoms with E-state index in [2.05, 4.69) is 4.74 Å². The maximum atomic E-state index is 12.3. The number of ether oxygens (including phenoxy) is 4. The van der Waals surface area contributed by atoms with Crippen LogP contribution in [0.25, 0.3) is 6.08 Å². The molecule has 0 aliphatic heterocycles. The normalized spacial score (nSPS) is 11.0. The summed E-state index contributed by atoms with van der Waals surface area (Å²) in [4.78, 5) is 12.3. The topological polar surface area (TPSA) is 54.0 Å². The van der Waals surface area contributed by atoms with E-state index in [1.165, 1.54) is 25.3 Å². The molecule has 0 atom stereocenters. The van der Waals surface area contributed by atoms with E-state index in [9.17, 15) is 13.6 Å². The van der Waals surface area contributed by atoms with Crippen LogP contribution in [0.3, 0.4) is 0 Å². The molecule has 0 radical (unpaired) electrons. The number of alkyl halides is 2. The van der Waals surface area contributed by atoms with Crippen molar-refractivity contribution in [2.75, 3.05) is 27.4 Å². The summed E-state index contributed by atoms with van der Waals surface area (Å²) in [5, 5.41) is 0. The number of methoxy groups -OCH3 is 2. The average Bonchev–Trinajstić information content (AvgIpc) is 2.67. The van der Waals surface area contributed by atoms with Crippen molar-refractivity contribution in [3.8, 4) is 17.2 Å². The lowest BCUT2D eigenvalue weighted by molar-refractivity contribution is -0.0512. The van der Waals surface area contributed by atoms with Gasteiger partial charge in [0.2, 0.25) is 0 Å². The van der Waals surface area contributed by atoms with Gasteiger partial charge in [-0.15, -0.1) is 0 Å². The van der Waals surface area contributed by atoms with Crippen LogP contribution in [0.15, 0.2) is 48.5 Å². The number of hydrogen-bond acceptors (Lipinski definition) is 5. The molecule has 0 spiro atoms. The highest BCUT2D eigenvalue weighted by molar-refractivity contribution is 6.06. The molecule has 27 heavy (non-hydrogen) atoms. The van der Waals surface area contributed by atoms with Crippen molar-refractivity contribution in [1.82, 2.24) is 0 Å². The van der Waals surface area contributed by atoms with Crippen molar-refractivity contribution < 1.29 is 32.5 Å². The lowest BCUT2D eigenvalue weighted by atomic mass is 10.1. The second-order valence-corrected chi connectivity index (χ2v) is 5.35. The molecule has 0 heterocycles. The highest BCUT2D eigenvalue weighted by atomic mass is 19.3. The summed E-state index contributed by atoms with van der Waals surface area (Å²) in [5.41, 5.74) is 1.11. The number of rotatable bonds is 10. The van der Waals surface area contributed by atoms with E-state index in [1.807, 2.05) is 0 Å². The highest BCUT2D eigenvalue weighted by Gasteiger charge is 2.10. The van der Waals surface area contributed by atoms with E-state index < -0.39 is 6.61 Å². The van der Waals surface area contributed by atoms with Crippen molar-refractivity contribution in [2.45, 2.75) is 6.61 Å². The van der Waals surface area contributed by atoms with Crippen LogP contribution in [0.1, 0.15) is 15.9 Å². The molecule has 0 aliphatic carbocycles. The molecule has 2 rings (SSSR count). The first-order chi connectivity index (χ1) is 13.0. The van der Waals surface area contributed by atoms with Crippen molar-refractivity contribution in [1.29, 1.82) is 0 Å². The summed E-state index contributed by atoms with van der Waals surface area (Å²) in [5.74, 6) is 0.528. The fourth-order valence-corrected chi connectivity index (χ4v) is 2.21. The average molecular weight is 378 g/mol. The lowest BCUT2D eigenvalue weighted by Crippen LogP contribution is -2.04. The van der Waals surface area contributed by atoms with Crippen molar-refractivity contribution in [3.63, 3.8) is 0 Å². The third-order valence-electron chi connectivity index (χ3n) is 3.53. The Morgan fingerprint density at radius 1 is 1.04 bits per heavy atom. The molecule has 0 aromatic heterocycles. The molecule has 0 unspecified atom stereocenters. The van der Waals surface area contributed by atoms with Gasteiger partial charge in [-0.1, -0.05) is 12.1 Å². The summed E-state index contributed by atoms with van der Waals surface area (Å²) < 4.78 is 44.4. The highest BCUT2D eigenvalue weighted by Crippen LogP contribution is 2.29. The maximum Gasteiger partial charge on any atom is 0.387 e. The molecule has 2 aromatic carbocycles. The first kappa shape index (κ1) is 20.4. The van der Waals surface area contributed by atoms with E-state index in [0.717, 1.165) is 0 Å². The van der Waals surface area contributed by atoms with E-state index in [0.29, 0.717) is 30.1 Å². The van der Waals surface area contributed by atoms with Crippen LogP contribution in [0.4, 0.5) is 8.78 Å². The maximum absolute atomic E-state index is 12.3. The minimum Gasteiger partial charge on any atom is -0.493 e. The Balaban J connectivity index is 2.03. The number of hydrogen-bond donors (Lipinski definition) is 0. The fraction of sp³-hybridized carbons (Fsp3) is 0.250. The number of carbonyl (C=O) groups is 1. The summed E-state index contributed by atoms with van der Waals surface area (Å²) in [6.45, 7) is -2.03. The standard InChI is InChI=1S/C20H20F2O5/c1-24-11-12-26-16-7-5-15(6-8-16)17(23)9-3-14-4-10-18(27-20(21)22)19(13-14)25-2/h3-10,13,20H,11-12H2,1-2H3. The molecule has 0 bridgehead atoms. The van der Waals surface area contributed by atoms with Crippen molar-refractivity contribution >= 4 is 11.9 Å². The van der Waals surface area contributed by atoms with Crippen LogP contribution in [-0.2, 0) is 4.74 Å². The number of halogens is 2. The van der Waals surface area contributed by atoms with Gasteiger partial charge in [0.15, 0.2) is 17.3 Å². The summed E-state index contributed by atoms with van der Waals surface area (Å²) in [6, 6.07) is 11.2. The Kier molecular flexibility index (Phi) is 7.76. The van der Waals surface area contributed by atoms with Crippen molar-refractivity contribution in [2.24, 2.45) is 0 Å². The van der Waals surface area contributed by atoms with Gasteiger partial charge >= 0.3 is 6.61 Å². The van der Waals surface area contributed by atoms with E-state index in [-0.39, 0.29) is 17.3 Å². The number of ketones is 1. The van der Waals surface area contributed by atoms with Gasteiger partial charge in [-0.25, -0.2) is 0 Å². The predicted molar refractivity (Wildman–Crippen MR) is 96.8 cm³/mol. The first-order valence-electron chi connectivity index (χ1n) is 8.10. The molecule has 0 saturated heterocycles. The molecular weight excluding hydrogens is 358 g/mol. The van der Waals surface area contributed by atoms with Gasteiger partial charge in [0.25, 0.3) is 0 Å². The van der Waals surface area contributed by atoms with E-state index in [1.54, 1.807) is 43.5 Å². The minimum absolute atomic E-state index is 0.0694. The van der Waals surface area contributed by atoms with Crippen LogP contribution in [-0.4, -0.2) is 39.8 Å². The van der Waals surface area contributed by atoms with Crippen LogP contribution in [0.5, 0.6) is 17.2 Å². The third-order valence-corrected chi connectivity index (χ3v) is 3.53. The molecule has 144 valence electrons. The van der Waals surface area contributed by atoms with Gasteiger partial charge in [-0.2, -0.15) is 8.78 Å². The zero-order valence-electron chi connectivity index (χ0n) is 15.0. The third kappa shape index (κ3) is 6.38. The van der Waals surface area contributed by atoms with Gasteiger partial charge in [-0.3, -0.25) is 4.79 Å². The molecule has 0 aliphatic rings. The minimum atomic E-state index is -2.94. The van der Waals surface area contributed by atoms with Gasteiger partial charge in [0, 0.05) is 12.7 Å². The molecule has 0 amide bonds. The molecule has 0 saturated carbocycles. The Labute approximate surface area is 156 Å². The Bertz CT molecular complexity index is 772. The summed E-state index contributed by atoms with van der Waals surface area (Å²) in [7, 11) is 2.94.